The molecular weight excluding hydrogens is 255 g/mol. The molecule has 0 aliphatic rings. The van der Waals surface area contributed by atoms with Crippen LogP contribution in [0.25, 0.3) is 0 Å². The van der Waals surface area contributed by atoms with E-state index in [-0.39, 0.29) is 6.73 Å². The van der Waals surface area contributed by atoms with Crippen LogP contribution >= 0.6 is 23.2 Å². The van der Waals surface area contributed by atoms with Gasteiger partial charge in [-0.15, -0.1) is 0 Å². The minimum Gasteiger partial charge on any atom is -0.470 e. The molecule has 0 saturated carbocycles. The molecule has 0 radical (unpaired) electrons. The first-order valence-electron chi connectivity index (χ1n) is 4.15. The Balaban J connectivity index is 2.58. The van der Waals surface area contributed by atoms with Gasteiger partial charge >= 0.3 is 6.03 Å². The Morgan fingerprint density at radius 3 is 2.75 bits per heavy atom. The fourth-order valence-corrected chi connectivity index (χ4v) is 1.34. The fourth-order valence-electron chi connectivity index (χ4n) is 0.873. The summed E-state index contributed by atoms with van der Waals surface area (Å²) in [5.74, 6) is 10.5. The van der Waals surface area contributed by atoms with Crippen LogP contribution in [-0.2, 0) is 0 Å². The van der Waals surface area contributed by atoms with Crippen LogP contribution in [0.1, 0.15) is 0 Å². The number of urea groups is 1. The number of ether oxygens (including phenoxy) is 1. The predicted octanol–water partition coefficient (Wildman–Crippen LogP) is 1.09. The highest BCUT2D eigenvalue weighted by Gasteiger charge is 2.08. The number of hydrogen-bond acceptors (Lipinski definition) is 4. The van der Waals surface area contributed by atoms with Gasteiger partial charge in [0.05, 0.1) is 5.02 Å². The van der Waals surface area contributed by atoms with Crippen molar-refractivity contribution >= 4 is 29.2 Å². The van der Waals surface area contributed by atoms with Gasteiger partial charge in [-0.2, -0.15) is 0 Å². The van der Waals surface area contributed by atoms with E-state index in [0.717, 1.165) is 5.01 Å². The summed E-state index contributed by atoms with van der Waals surface area (Å²) >= 11 is 11.5. The zero-order chi connectivity index (χ0) is 12.1. The predicted molar refractivity (Wildman–Crippen MR) is 60.7 cm³/mol. The van der Waals surface area contributed by atoms with E-state index in [0.29, 0.717) is 15.8 Å². The average molecular weight is 265 g/mol. The molecule has 0 fully saturated rings. The molecule has 2 amide bonds. The Kier molecular flexibility index (Phi) is 4.63. The van der Waals surface area contributed by atoms with Gasteiger partial charge in [-0.3, -0.25) is 5.43 Å². The number of hydrazine groups is 2. The lowest BCUT2D eigenvalue weighted by Crippen LogP contribution is -2.48. The Hall–Kier alpha value is -1.21. The first kappa shape index (κ1) is 12.9. The average Bonchev–Trinajstić information content (AvgIpc) is 2.26. The first-order valence-corrected chi connectivity index (χ1v) is 4.91. The molecule has 0 bridgehead atoms. The van der Waals surface area contributed by atoms with E-state index in [1.165, 1.54) is 6.07 Å². The molecule has 6 nitrogen and oxygen atoms in total. The van der Waals surface area contributed by atoms with Gasteiger partial charge in [-0.25, -0.2) is 21.5 Å². The van der Waals surface area contributed by atoms with E-state index in [1.807, 2.05) is 5.43 Å². The van der Waals surface area contributed by atoms with Crippen LogP contribution in [0.2, 0.25) is 10.0 Å². The summed E-state index contributed by atoms with van der Waals surface area (Å²) in [5, 5.41) is 1.57. The third-order valence-electron chi connectivity index (χ3n) is 1.64. The van der Waals surface area contributed by atoms with Gasteiger partial charge in [0.1, 0.15) is 5.75 Å². The number of hydrogen-bond donors (Lipinski definition) is 3. The van der Waals surface area contributed by atoms with Gasteiger partial charge in [-0.05, 0) is 18.2 Å². The Labute approximate surface area is 102 Å². The highest BCUT2D eigenvalue weighted by molar-refractivity contribution is 6.35. The van der Waals surface area contributed by atoms with Gasteiger partial charge in [-0.1, -0.05) is 23.2 Å². The zero-order valence-electron chi connectivity index (χ0n) is 8.11. The molecule has 0 unspecified atom stereocenters. The molecule has 88 valence electrons. The van der Waals surface area contributed by atoms with Crippen molar-refractivity contribution < 1.29 is 9.53 Å². The lowest BCUT2D eigenvalue weighted by Gasteiger charge is -2.16. The number of benzene rings is 1. The highest BCUT2D eigenvalue weighted by atomic mass is 35.5. The number of rotatable bonds is 3. The van der Waals surface area contributed by atoms with Crippen molar-refractivity contribution in [1.29, 1.82) is 0 Å². The molecule has 0 aliphatic heterocycles. The van der Waals surface area contributed by atoms with Crippen LogP contribution in [0.5, 0.6) is 5.75 Å². The number of nitrogens with one attached hydrogen (secondary N) is 1. The third-order valence-corrected chi connectivity index (χ3v) is 2.17. The minimum absolute atomic E-state index is 0.190. The topological polar surface area (TPSA) is 93.6 Å². The van der Waals surface area contributed by atoms with Gasteiger partial charge in [0.15, 0.2) is 6.73 Å². The Morgan fingerprint density at radius 1 is 1.50 bits per heavy atom. The maximum atomic E-state index is 10.9. The molecule has 8 heteroatoms. The number of carbonyl (C=O) groups excluding carboxylic acids is 1. The lowest BCUT2D eigenvalue weighted by atomic mass is 10.3. The van der Waals surface area contributed by atoms with Crippen molar-refractivity contribution in [3.05, 3.63) is 28.2 Å². The molecule has 0 heterocycles. The molecule has 0 spiro atoms. The maximum Gasteiger partial charge on any atom is 0.348 e. The second-order valence-corrected chi connectivity index (χ2v) is 3.61. The Bertz CT molecular complexity index is 388. The van der Waals surface area contributed by atoms with Crippen molar-refractivity contribution in [2.75, 3.05) is 6.73 Å². The normalized spacial score (nSPS) is 9.75. The summed E-state index contributed by atoms with van der Waals surface area (Å²) in [4.78, 5) is 10.9. The molecule has 1 aromatic carbocycles. The van der Waals surface area contributed by atoms with Gasteiger partial charge in [0.25, 0.3) is 0 Å². The van der Waals surface area contributed by atoms with E-state index < -0.39 is 6.03 Å². The molecule has 0 aliphatic carbocycles. The smallest absolute Gasteiger partial charge is 0.348 e. The van der Waals surface area contributed by atoms with Crippen molar-refractivity contribution in [2.24, 2.45) is 11.7 Å². The van der Waals surface area contributed by atoms with E-state index in [1.54, 1.807) is 12.1 Å². The van der Waals surface area contributed by atoms with Crippen LogP contribution in [0, 0.1) is 0 Å². The first-order chi connectivity index (χ1) is 7.54. The summed E-state index contributed by atoms with van der Waals surface area (Å²) in [5.41, 5.74) is 1.85. The van der Waals surface area contributed by atoms with Gasteiger partial charge in [0, 0.05) is 5.02 Å². The van der Waals surface area contributed by atoms with Crippen molar-refractivity contribution in [3.8, 4) is 5.75 Å². The SMILES string of the molecule is NNC(=O)N(N)COc1ccc(Cl)cc1Cl. The number of carbonyl (C=O) groups is 1. The fraction of sp³-hybridized carbons (Fsp3) is 0.125. The van der Waals surface area contributed by atoms with Crippen LogP contribution in [0.3, 0.4) is 0 Å². The standard InChI is InChI=1S/C8H10Cl2N4O2/c9-5-1-2-7(6(10)3-5)16-4-14(12)8(15)13-11/h1-3H,4,11-12H2,(H,13,15). The van der Waals surface area contributed by atoms with Gasteiger partial charge in [0.2, 0.25) is 0 Å². The molecule has 5 N–H and O–H groups in total. The molecule has 1 rings (SSSR count). The highest BCUT2D eigenvalue weighted by Crippen LogP contribution is 2.27. The quantitative estimate of drug-likeness (QED) is 0.330. The zero-order valence-corrected chi connectivity index (χ0v) is 9.63. The molecule has 0 saturated heterocycles. The third kappa shape index (κ3) is 3.42. The van der Waals surface area contributed by atoms with Crippen LogP contribution < -0.4 is 21.8 Å². The van der Waals surface area contributed by atoms with Crippen molar-refractivity contribution in [2.45, 2.75) is 0 Å². The molecular formula is C8H10Cl2N4O2. The van der Waals surface area contributed by atoms with Crippen LogP contribution in [-0.4, -0.2) is 17.8 Å². The van der Waals surface area contributed by atoms with E-state index in [9.17, 15) is 4.79 Å². The monoisotopic (exact) mass is 264 g/mol. The van der Waals surface area contributed by atoms with Crippen molar-refractivity contribution in [3.63, 3.8) is 0 Å². The second kappa shape index (κ2) is 5.76. The van der Waals surface area contributed by atoms with Crippen LogP contribution in [0.4, 0.5) is 4.79 Å². The van der Waals surface area contributed by atoms with Crippen LogP contribution in [0.15, 0.2) is 18.2 Å². The lowest BCUT2D eigenvalue weighted by molar-refractivity contribution is 0.137. The second-order valence-electron chi connectivity index (χ2n) is 2.77. The molecule has 0 atom stereocenters. The summed E-state index contributed by atoms with van der Waals surface area (Å²) < 4.78 is 5.17. The molecule has 0 aromatic heterocycles. The number of nitrogens with zero attached hydrogens (tertiary/aromatic N) is 1. The summed E-state index contributed by atoms with van der Waals surface area (Å²) in [6.07, 6.45) is 0. The van der Waals surface area contributed by atoms with Crippen molar-refractivity contribution in [1.82, 2.24) is 10.4 Å². The molecule has 16 heavy (non-hydrogen) atoms. The van der Waals surface area contributed by atoms with E-state index >= 15 is 0 Å². The number of amides is 2. The number of nitrogens with two attached hydrogens (primary N) is 2. The minimum atomic E-state index is -0.676. The largest absolute Gasteiger partial charge is 0.470 e. The summed E-state index contributed by atoms with van der Waals surface area (Å²) in [6, 6.07) is 4.01. The maximum absolute atomic E-state index is 10.9. The molecule has 1 aromatic rings. The van der Waals surface area contributed by atoms with Gasteiger partial charge < -0.3 is 4.74 Å². The van der Waals surface area contributed by atoms with E-state index in [4.69, 9.17) is 39.6 Å². The van der Waals surface area contributed by atoms with E-state index in [2.05, 4.69) is 0 Å². The summed E-state index contributed by atoms with van der Waals surface area (Å²) in [7, 11) is 0. The Morgan fingerprint density at radius 2 is 2.19 bits per heavy atom. The summed E-state index contributed by atoms with van der Waals surface area (Å²) in [6.45, 7) is -0.190. The number of halogens is 2.